The van der Waals surface area contributed by atoms with E-state index in [1.54, 1.807) is 4.90 Å². The number of Topliss-reactive ketones (excluding diaryl/α,β-unsaturated/α-hetero) is 1. The zero-order chi connectivity index (χ0) is 20.2. The van der Waals surface area contributed by atoms with Gasteiger partial charge in [0.1, 0.15) is 12.6 Å². The van der Waals surface area contributed by atoms with Crippen molar-refractivity contribution in [1.82, 2.24) is 9.80 Å². The molecule has 7 nitrogen and oxygen atoms in total. The molecule has 0 bridgehead atoms. The summed E-state index contributed by atoms with van der Waals surface area (Å²) in [6.45, 7) is 3.04. The van der Waals surface area contributed by atoms with Crippen LogP contribution in [-0.4, -0.2) is 79.0 Å². The molecule has 3 aliphatic heterocycles. The number of nitrogens with zero attached hydrogens (tertiary/aromatic N) is 2. The van der Waals surface area contributed by atoms with Crippen molar-refractivity contribution < 1.29 is 23.9 Å². The minimum Gasteiger partial charge on any atom is -0.378 e. The van der Waals surface area contributed by atoms with Gasteiger partial charge in [0.25, 0.3) is 0 Å². The van der Waals surface area contributed by atoms with Gasteiger partial charge in [-0.2, -0.15) is 13.5 Å². The molecule has 4 fully saturated rings. The Bertz CT molecular complexity index is 620. The number of ether oxygens (including phenoxy) is 2. The molecule has 0 aromatic carbocycles. The van der Waals surface area contributed by atoms with Gasteiger partial charge in [0, 0.05) is 32.0 Å². The molecule has 2 amide bonds. The van der Waals surface area contributed by atoms with Gasteiger partial charge in [-0.3, -0.25) is 14.4 Å². The van der Waals surface area contributed by atoms with Gasteiger partial charge in [-0.15, -0.1) is 0 Å². The quantitative estimate of drug-likeness (QED) is 0.614. The fraction of sp³-hybridized carbons (Fsp3) is 0.875. The molecule has 0 radical (unpaired) electrons. The van der Waals surface area contributed by atoms with Crippen LogP contribution in [0, 0.1) is 11.8 Å². The highest BCUT2D eigenvalue weighted by atomic mass is 32.1. The van der Waals surface area contributed by atoms with Crippen molar-refractivity contribution in [3.63, 3.8) is 0 Å². The Labute approximate surface area is 201 Å². The Kier molecular flexibility index (Phi) is 12.2. The van der Waals surface area contributed by atoms with Crippen molar-refractivity contribution in [2.45, 2.75) is 84.8 Å². The maximum absolute atomic E-state index is 13.6. The highest BCUT2D eigenvalue weighted by Gasteiger charge is 2.46. The average molecular weight is 473 g/mol. The molecule has 1 saturated carbocycles. The number of carbonyl (C=O) groups excluding carboxylic acids is 3. The largest absolute Gasteiger partial charge is 0.378 e. The van der Waals surface area contributed by atoms with Crippen LogP contribution in [0.2, 0.25) is 0 Å². The smallest absolute Gasteiger partial charge is 0.226 e. The summed E-state index contributed by atoms with van der Waals surface area (Å²) in [5.74, 6) is 0.224. The van der Waals surface area contributed by atoms with E-state index < -0.39 is 6.04 Å². The fourth-order valence-corrected chi connectivity index (χ4v) is 5.52. The molecule has 32 heavy (non-hydrogen) atoms. The number of amides is 2. The van der Waals surface area contributed by atoms with Gasteiger partial charge in [0.05, 0.1) is 19.3 Å². The molecule has 8 heteroatoms. The Hall–Kier alpha value is -1.12. The van der Waals surface area contributed by atoms with Gasteiger partial charge in [0.2, 0.25) is 11.8 Å². The first kappa shape index (κ1) is 28.9. The van der Waals surface area contributed by atoms with Gasteiger partial charge in [0.15, 0.2) is 5.78 Å². The zero-order valence-corrected chi connectivity index (χ0v) is 18.9. The van der Waals surface area contributed by atoms with Gasteiger partial charge >= 0.3 is 0 Å². The minimum absolute atomic E-state index is 0. The summed E-state index contributed by atoms with van der Waals surface area (Å²) >= 11 is 0. The molecular formula is C24H44N2O5S. The van der Waals surface area contributed by atoms with Crippen molar-refractivity contribution in [2.75, 3.05) is 39.5 Å². The molecule has 0 aromatic rings. The third-order valence-electron chi connectivity index (χ3n) is 7.10. The molecule has 1 aliphatic carbocycles. The number of rotatable bonds is 5. The lowest BCUT2D eigenvalue weighted by Crippen LogP contribution is -2.54. The van der Waals surface area contributed by atoms with Gasteiger partial charge < -0.3 is 19.3 Å². The predicted octanol–water partition coefficient (Wildman–Crippen LogP) is 3.17. The maximum Gasteiger partial charge on any atom is 0.226 e. The van der Waals surface area contributed by atoms with Crippen LogP contribution in [0.3, 0.4) is 0 Å². The zero-order valence-electron chi connectivity index (χ0n) is 17.9. The standard InChI is InChI=1S/C22H34N2O5.2CH4.H2S/c25-18-15-29-19-7-4-8-24(21(18)19)22(27)17(13-16-5-2-1-3-6-16)14-20(26)23-9-11-28-12-10-23;;;/h16-17,19,21H,1-15H2;2*1H4;1H2/t17-,19+,21+;;;/m1.../s1. The van der Waals surface area contributed by atoms with E-state index in [0.29, 0.717) is 38.8 Å². The molecule has 3 atom stereocenters. The van der Waals surface area contributed by atoms with Crippen LogP contribution in [0.25, 0.3) is 0 Å². The third-order valence-corrected chi connectivity index (χ3v) is 7.10. The maximum atomic E-state index is 13.6. The summed E-state index contributed by atoms with van der Waals surface area (Å²) in [6, 6.07) is -0.441. The van der Waals surface area contributed by atoms with Crippen LogP contribution < -0.4 is 0 Å². The minimum atomic E-state index is -0.441. The molecule has 4 rings (SSSR count). The van der Waals surface area contributed by atoms with Crippen molar-refractivity contribution >= 4 is 31.1 Å². The van der Waals surface area contributed by atoms with Crippen LogP contribution in [0.15, 0.2) is 0 Å². The van der Waals surface area contributed by atoms with Gasteiger partial charge in [-0.25, -0.2) is 0 Å². The SMILES string of the molecule is C.C.O=C1CO[C@H]2CCCN(C(=O)[C@@H](CC(=O)N3CCOCC3)CC3CCCCC3)[C@@H]12.S. The predicted molar refractivity (Wildman–Crippen MR) is 130 cm³/mol. The lowest BCUT2D eigenvalue weighted by atomic mass is 9.80. The highest BCUT2D eigenvalue weighted by Crippen LogP contribution is 2.34. The van der Waals surface area contributed by atoms with E-state index in [1.165, 1.54) is 19.3 Å². The van der Waals surface area contributed by atoms with Crippen LogP contribution in [0.1, 0.15) is 72.6 Å². The van der Waals surface area contributed by atoms with Gasteiger partial charge in [-0.05, 0) is 25.2 Å². The van der Waals surface area contributed by atoms with E-state index in [0.717, 1.165) is 32.1 Å². The summed E-state index contributed by atoms with van der Waals surface area (Å²) in [4.78, 5) is 42.5. The Morgan fingerprint density at radius 2 is 1.66 bits per heavy atom. The summed E-state index contributed by atoms with van der Waals surface area (Å²) in [7, 11) is 0. The highest BCUT2D eigenvalue weighted by molar-refractivity contribution is 7.59. The number of fused-ring (bicyclic) bond motifs is 1. The molecule has 0 unspecified atom stereocenters. The van der Waals surface area contributed by atoms with Crippen LogP contribution in [0.5, 0.6) is 0 Å². The summed E-state index contributed by atoms with van der Waals surface area (Å²) < 4.78 is 11.0. The number of piperidine rings is 1. The Morgan fingerprint density at radius 3 is 2.34 bits per heavy atom. The molecule has 186 valence electrons. The molecule has 0 spiro atoms. The number of likely N-dealkylation sites (tertiary alicyclic amines) is 1. The molecule has 3 heterocycles. The van der Waals surface area contributed by atoms with E-state index in [4.69, 9.17) is 9.47 Å². The van der Waals surface area contributed by atoms with E-state index in [1.807, 2.05) is 4.90 Å². The molecule has 0 N–H and O–H groups in total. The summed E-state index contributed by atoms with van der Waals surface area (Å²) in [5, 5.41) is 0. The molecular weight excluding hydrogens is 428 g/mol. The van der Waals surface area contributed by atoms with Crippen molar-refractivity contribution in [3.8, 4) is 0 Å². The normalized spacial score (nSPS) is 26.8. The Balaban J connectivity index is 0.00000171. The number of morpholine rings is 1. The van der Waals surface area contributed by atoms with E-state index in [-0.39, 0.29) is 71.0 Å². The Morgan fingerprint density at radius 1 is 0.969 bits per heavy atom. The lowest BCUT2D eigenvalue weighted by Gasteiger charge is -2.38. The monoisotopic (exact) mass is 472 g/mol. The first-order valence-corrected chi connectivity index (χ1v) is 11.4. The number of hydrogen-bond acceptors (Lipinski definition) is 5. The second-order valence-electron chi connectivity index (χ2n) is 9.07. The number of carbonyl (C=O) groups is 3. The van der Waals surface area contributed by atoms with Crippen LogP contribution in [0.4, 0.5) is 0 Å². The topological polar surface area (TPSA) is 76.2 Å². The van der Waals surface area contributed by atoms with E-state index >= 15 is 0 Å². The van der Waals surface area contributed by atoms with Crippen LogP contribution in [-0.2, 0) is 23.9 Å². The molecule has 4 aliphatic rings. The third kappa shape index (κ3) is 6.70. The lowest BCUT2D eigenvalue weighted by molar-refractivity contribution is -0.149. The van der Waals surface area contributed by atoms with E-state index in [2.05, 4.69) is 0 Å². The second kappa shape index (κ2) is 13.6. The first-order valence-electron chi connectivity index (χ1n) is 11.4. The van der Waals surface area contributed by atoms with Crippen molar-refractivity contribution in [2.24, 2.45) is 11.8 Å². The van der Waals surface area contributed by atoms with Crippen LogP contribution >= 0.6 is 13.5 Å². The van der Waals surface area contributed by atoms with Gasteiger partial charge in [-0.1, -0.05) is 47.0 Å². The fourth-order valence-electron chi connectivity index (χ4n) is 5.52. The molecule has 0 aromatic heterocycles. The summed E-state index contributed by atoms with van der Waals surface area (Å²) in [5.41, 5.74) is 0. The van der Waals surface area contributed by atoms with E-state index in [9.17, 15) is 14.4 Å². The second-order valence-corrected chi connectivity index (χ2v) is 9.07. The molecule has 3 saturated heterocycles. The number of hydrogen-bond donors (Lipinski definition) is 0. The van der Waals surface area contributed by atoms with Crippen molar-refractivity contribution in [1.29, 1.82) is 0 Å². The number of ketones is 1. The average Bonchev–Trinajstić information content (AvgIpc) is 3.15. The first-order chi connectivity index (χ1) is 14.1. The summed E-state index contributed by atoms with van der Waals surface area (Å²) in [6.07, 6.45) is 8.51. The van der Waals surface area contributed by atoms with Crippen molar-refractivity contribution in [3.05, 3.63) is 0 Å².